The summed E-state index contributed by atoms with van der Waals surface area (Å²) in [6, 6.07) is 0. The quantitative estimate of drug-likeness (QED) is 0.0222. The Morgan fingerprint density at radius 3 is 0.807 bits per heavy atom. The minimum atomic E-state index is -4.95. The molecule has 0 radical (unpaired) electrons. The highest BCUT2D eigenvalue weighted by atomic mass is 31.2. The van der Waals surface area contributed by atoms with Crippen LogP contribution in [0.4, 0.5) is 0 Å². The van der Waals surface area contributed by atoms with E-state index in [1.54, 1.807) is 0 Å². The molecule has 0 aliphatic rings. The normalized spacial score (nSPS) is 14.6. The first kappa shape index (κ1) is 86.1. The number of carbonyl (C=O) groups excluding carboxylic acids is 4. The zero-order valence-corrected chi connectivity index (χ0v) is 59.1. The fourth-order valence-corrected chi connectivity index (χ4v) is 11.9. The number of aliphatic hydroxyl groups excluding tert-OH is 1. The molecule has 0 spiro atoms. The van der Waals surface area contributed by atoms with Crippen LogP contribution in [0, 0.1) is 23.7 Å². The summed E-state index contributed by atoms with van der Waals surface area (Å²) in [6.45, 7) is 14.0. The lowest BCUT2D eigenvalue weighted by Gasteiger charge is -2.21. The van der Waals surface area contributed by atoms with Crippen molar-refractivity contribution in [3.05, 3.63) is 0 Å². The molecule has 0 rings (SSSR count). The molecule has 0 fully saturated rings. The summed E-state index contributed by atoms with van der Waals surface area (Å²) in [5, 5.41) is 10.6. The molecule has 0 amide bonds. The van der Waals surface area contributed by atoms with Crippen molar-refractivity contribution in [3.8, 4) is 0 Å². The molecule has 0 heterocycles. The summed E-state index contributed by atoms with van der Waals surface area (Å²) in [6.07, 6.45) is 40.4. The second-order valence-electron chi connectivity index (χ2n) is 26.6. The van der Waals surface area contributed by atoms with E-state index in [0.29, 0.717) is 31.6 Å². The fourth-order valence-electron chi connectivity index (χ4n) is 10.3. The summed E-state index contributed by atoms with van der Waals surface area (Å²) in [7, 11) is -9.90. The molecule has 0 aliphatic heterocycles. The lowest BCUT2D eigenvalue weighted by Crippen LogP contribution is -2.30. The molecule has 0 aromatic carbocycles. The van der Waals surface area contributed by atoms with Gasteiger partial charge in [0.15, 0.2) is 12.2 Å². The van der Waals surface area contributed by atoms with Crippen LogP contribution in [-0.4, -0.2) is 96.7 Å². The number of hydrogen-bond acceptors (Lipinski definition) is 15. The number of carbonyl (C=O) groups is 4. The smallest absolute Gasteiger partial charge is 0.462 e. The Balaban J connectivity index is 5.23. The van der Waals surface area contributed by atoms with Crippen molar-refractivity contribution in [1.82, 2.24) is 0 Å². The number of phosphoric acid groups is 2. The van der Waals surface area contributed by atoms with Crippen molar-refractivity contribution in [2.24, 2.45) is 23.7 Å². The molecule has 0 saturated heterocycles. The van der Waals surface area contributed by atoms with Gasteiger partial charge in [0.1, 0.15) is 19.3 Å². The van der Waals surface area contributed by atoms with Crippen molar-refractivity contribution >= 4 is 39.5 Å². The SMILES string of the molecule is CCC(C)CCCCCCCCC(=O)OC[C@H](COP(=O)(O)OC[C@H](O)COP(=O)(O)OC[C@@H](COC(=O)CCCCCCCCCCCCCCC(C)C)OC(=O)CCCCCCCCCC(C)C)OC(=O)CCCCCCCCCCCCC(C)C. The topological polar surface area (TPSA) is 237 Å². The van der Waals surface area contributed by atoms with Crippen LogP contribution in [0.25, 0.3) is 0 Å². The zero-order valence-electron chi connectivity index (χ0n) is 57.3. The maximum Gasteiger partial charge on any atom is 0.472 e. The summed E-state index contributed by atoms with van der Waals surface area (Å²) < 4.78 is 68.2. The largest absolute Gasteiger partial charge is 0.472 e. The fraction of sp³-hybridized carbons (Fsp3) is 0.942. The van der Waals surface area contributed by atoms with E-state index in [-0.39, 0.29) is 25.7 Å². The van der Waals surface area contributed by atoms with Crippen molar-refractivity contribution in [2.45, 2.75) is 356 Å². The third-order valence-electron chi connectivity index (χ3n) is 16.2. The highest BCUT2D eigenvalue weighted by Gasteiger charge is 2.30. The van der Waals surface area contributed by atoms with Crippen LogP contribution in [0.3, 0.4) is 0 Å². The number of phosphoric ester groups is 2. The standard InChI is InChI=1S/C69H134O17P2/c1-9-62(8)48-40-32-27-28-34-42-50-67(72)80-56-65(85-68(73)51-43-35-25-19-15-14-17-22-30-38-46-60(4)5)58-84-88(77,78)82-54-63(70)53-81-87(75,76)83-57-64(86-69(74)52-44-36-26-20-23-31-39-47-61(6)7)55-79-66(71)49-41-33-24-18-13-11-10-12-16-21-29-37-45-59(2)3/h59-65,70H,9-58H2,1-8H3,(H,75,76)(H,77,78)/t62?,63-,64-,65-/m1/s1. The summed E-state index contributed by atoms with van der Waals surface area (Å²) in [4.78, 5) is 72.5. The molecule has 6 atom stereocenters. The molecule has 0 bridgehead atoms. The maximum absolute atomic E-state index is 13.0. The molecular formula is C69H134O17P2. The van der Waals surface area contributed by atoms with E-state index in [1.807, 2.05) is 0 Å². The molecule has 19 heteroatoms. The van der Waals surface area contributed by atoms with Crippen LogP contribution in [-0.2, 0) is 65.4 Å². The highest BCUT2D eigenvalue weighted by Crippen LogP contribution is 2.45. The van der Waals surface area contributed by atoms with Gasteiger partial charge in [-0.25, -0.2) is 9.13 Å². The second-order valence-corrected chi connectivity index (χ2v) is 29.5. The third kappa shape index (κ3) is 61.6. The second kappa shape index (κ2) is 58.8. The Morgan fingerprint density at radius 1 is 0.318 bits per heavy atom. The summed E-state index contributed by atoms with van der Waals surface area (Å²) in [5.41, 5.74) is 0. The van der Waals surface area contributed by atoms with Crippen LogP contribution >= 0.6 is 15.6 Å². The van der Waals surface area contributed by atoms with Gasteiger partial charge in [-0.05, 0) is 49.4 Å². The van der Waals surface area contributed by atoms with E-state index < -0.39 is 97.5 Å². The number of ether oxygens (including phenoxy) is 4. The Kier molecular flexibility index (Phi) is 57.6. The average molecular weight is 1300 g/mol. The van der Waals surface area contributed by atoms with Crippen molar-refractivity contribution in [3.63, 3.8) is 0 Å². The van der Waals surface area contributed by atoms with Gasteiger partial charge in [0, 0.05) is 25.7 Å². The predicted octanol–water partition coefficient (Wildman–Crippen LogP) is 19.3. The molecule has 0 aromatic heterocycles. The number of hydrogen-bond donors (Lipinski definition) is 3. The number of aliphatic hydroxyl groups is 1. The zero-order chi connectivity index (χ0) is 65.4. The first-order valence-electron chi connectivity index (χ1n) is 35.7. The molecular weight excluding hydrogens is 1160 g/mol. The lowest BCUT2D eigenvalue weighted by atomic mass is 10.00. The van der Waals surface area contributed by atoms with Gasteiger partial charge in [-0.2, -0.15) is 0 Å². The van der Waals surface area contributed by atoms with E-state index in [0.717, 1.165) is 114 Å². The minimum Gasteiger partial charge on any atom is -0.462 e. The molecule has 0 aromatic rings. The van der Waals surface area contributed by atoms with Gasteiger partial charge in [0.2, 0.25) is 0 Å². The van der Waals surface area contributed by atoms with Gasteiger partial charge in [0.05, 0.1) is 26.4 Å². The van der Waals surface area contributed by atoms with Gasteiger partial charge >= 0.3 is 39.5 Å². The van der Waals surface area contributed by atoms with Gasteiger partial charge in [-0.15, -0.1) is 0 Å². The van der Waals surface area contributed by atoms with E-state index in [1.165, 1.54) is 135 Å². The van der Waals surface area contributed by atoms with Crippen molar-refractivity contribution in [2.75, 3.05) is 39.6 Å². The lowest BCUT2D eigenvalue weighted by molar-refractivity contribution is -0.161. The average Bonchev–Trinajstić information content (AvgIpc) is 3.68. The van der Waals surface area contributed by atoms with Crippen LogP contribution in [0.5, 0.6) is 0 Å². The molecule has 3 unspecified atom stereocenters. The van der Waals surface area contributed by atoms with Crippen molar-refractivity contribution < 1.29 is 80.2 Å². The highest BCUT2D eigenvalue weighted by molar-refractivity contribution is 7.47. The summed E-state index contributed by atoms with van der Waals surface area (Å²) >= 11 is 0. The van der Waals surface area contributed by atoms with E-state index in [2.05, 4.69) is 55.4 Å². The Morgan fingerprint density at radius 2 is 0.545 bits per heavy atom. The molecule has 88 heavy (non-hydrogen) atoms. The number of unbranched alkanes of at least 4 members (excludes halogenated alkanes) is 31. The van der Waals surface area contributed by atoms with Crippen LogP contribution < -0.4 is 0 Å². The van der Waals surface area contributed by atoms with Gasteiger partial charge in [-0.3, -0.25) is 37.3 Å². The minimum absolute atomic E-state index is 0.103. The van der Waals surface area contributed by atoms with E-state index in [9.17, 15) is 43.2 Å². The number of rotatable bonds is 66. The van der Waals surface area contributed by atoms with Gasteiger partial charge in [-0.1, -0.05) is 287 Å². The first-order chi connectivity index (χ1) is 42.1. The molecule has 522 valence electrons. The first-order valence-corrected chi connectivity index (χ1v) is 38.7. The van der Waals surface area contributed by atoms with Crippen LogP contribution in [0.1, 0.15) is 338 Å². The van der Waals surface area contributed by atoms with E-state index in [4.69, 9.17) is 37.0 Å². The molecule has 0 aliphatic carbocycles. The molecule has 0 saturated carbocycles. The number of esters is 4. The Labute approximate surface area is 537 Å². The van der Waals surface area contributed by atoms with Gasteiger partial charge < -0.3 is 33.8 Å². The van der Waals surface area contributed by atoms with Gasteiger partial charge in [0.25, 0.3) is 0 Å². The Bertz CT molecular complexity index is 1750. The summed E-state index contributed by atoms with van der Waals surface area (Å²) in [5.74, 6) is 0.827. The Hall–Kier alpha value is -1.94. The van der Waals surface area contributed by atoms with Crippen LogP contribution in [0.2, 0.25) is 0 Å². The monoisotopic (exact) mass is 1300 g/mol. The third-order valence-corrected chi connectivity index (χ3v) is 18.1. The van der Waals surface area contributed by atoms with E-state index >= 15 is 0 Å². The van der Waals surface area contributed by atoms with Crippen molar-refractivity contribution in [1.29, 1.82) is 0 Å². The molecule has 17 nitrogen and oxygen atoms in total. The predicted molar refractivity (Wildman–Crippen MR) is 354 cm³/mol. The maximum atomic E-state index is 13.0. The van der Waals surface area contributed by atoms with Crippen LogP contribution in [0.15, 0.2) is 0 Å². The molecule has 3 N–H and O–H groups in total.